The lowest BCUT2D eigenvalue weighted by Gasteiger charge is -2.33. The van der Waals surface area contributed by atoms with Crippen LogP contribution in [0, 0.1) is 29.3 Å². The fourth-order valence-corrected chi connectivity index (χ4v) is 2.56. The lowest BCUT2D eigenvalue weighted by Crippen LogP contribution is -2.30. The molecule has 3 unspecified atom stereocenters. The van der Waals surface area contributed by atoms with Gasteiger partial charge in [-0.3, -0.25) is 0 Å². The van der Waals surface area contributed by atoms with Crippen LogP contribution < -0.4 is 5.32 Å². The summed E-state index contributed by atoms with van der Waals surface area (Å²) in [5.74, 6) is -1.71. The Morgan fingerprint density at radius 1 is 1.06 bits per heavy atom. The first-order valence-electron chi connectivity index (χ1n) is 6.38. The fourth-order valence-electron chi connectivity index (χ4n) is 2.56. The SMILES string of the molecule is CC1CCC(Nc2cc(F)cc(F)c2F)CC1C. The van der Waals surface area contributed by atoms with Gasteiger partial charge in [0, 0.05) is 18.2 Å². The number of rotatable bonds is 2. The third-order valence-electron chi connectivity index (χ3n) is 3.95. The number of hydrogen-bond donors (Lipinski definition) is 1. The van der Waals surface area contributed by atoms with E-state index in [2.05, 4.69) is 19.2 Å². The van der Waals surface area contributed by atoms with Crippen molar-refractivity contribution in [1.29, 1.82) is 0 Å². The molecule has 3 atom stereocenters. The summed E-state index contributed by atoms with van der Waals surface area (Å²) >= 11 is 0. The predicted octanol–water partition coefficient (Wildman–Crippen LogP) is 4.34. The Balaban J connectivity index is 2.10. The van der Waals surface area contributed by atoms with Crippen molar-refractivity contribution in [2.45, 2.75) is 39.2 Å². The molecule has 1 saturated carbocycles. The molecule has 0 aliphatic heterocycles. The largest absolute Gasteiger partial charge is 0.380 e. The lowest BCUT2D eigenvalue weighted by atomic mass is 9.79. The van der Waals surface area contributed by atoms with Crippen LogP contribution in [0.1, 0.15) is 33.1 Å². The van der Waals surface area contributed by atoms with E-state index in [1.165, 1.54) is 0 Å². The normalized spacial score (nSPS) is 28.2. The van der Waals surface area contributed by atoms with Crippen molar-refractivity contribution < 1.29 is 13.2 Å². The Kier molecular flexibility index (Phi) is 3.83. The van der Waals surface area contributed by atoms with Crippen molar-refractivity contribution in [3.8, 4) is 0 Å². The maximum Gasteiger partial charge on any atom is 0.182 e. The van der Waals surface area contributed by atoms with Crippen molar-refractivity contribution in [2.75, 3.05) is 5.32 Å². The molecule has 0 radical (unpaired) electrons. The highest BCUT2D eigenvalue weighted by Gasteiger charge is 2.25. The van der Waals surface area contributed by atoms with Gasteiger partial charge < -0.3 is 5.32 Å². The minimum atomic E-state index is -1.14. The zero-order valence-electron chi connectivity index (χ0n) is 10.6. The van der Waals surface area contributed by atoms with Gasteiger partial charge in [-0.2, -0.15) is 0 Å². The average molecular weight is 257 g/mol. The monoisotopic (exact) mass is 257 g/mol. The van der Waals surface area contributed by atoms with Crippen molar-refractivity contribution in [3.05, 3.63) is 29.6 Å². The first kappa shape index (κ1) is 13.2. The summed E-state index contributed by atoms with van der Waals surface area (Å²) in [6, 6.07) is 1.67. The van der Waals surface area contributed by atoms with E-state index < -0.39 is 17.5 Å². The van der Waals surface area contributed by atoms with Gasteiger partial charge in [0.05, 0.1) is 5.69 Å². The van der Waals surface area contributed by atoms with Crippen molar-refractivity contribution >= 4 is 5.69 Å². The highest BCUT2D eigenvalue weighted by molar-refractivity contribution is 5.46. The van der Waals surface area contributed by atoms with Crippen LogP contribution in [0.3, 0.4) is 0 Å². The van der Waals surface area contributed by atoms with E-state index in [1.54, 1.807) is 0 Å². The zero-order valence-corrected chi connectivity index (χ0v) is 10.6. The molecule has 0 aromatic heterocycles. The molecule has 4 heteroatoms. The molecule has 0 amide bonds. The van der Waals surface area contributed by atoms with Gasteiger partial charge in [-0.1, -0.05) is 13.8 Å². The van der Waals surface area contributed by atoms with Crippen LogP contribution in [-0.4, -0.2) is 6.04 Å². The summed E-state index contributed by atoms with van der Waals surface area (Å²) < 4.78 is 39.6. The van der Waals surface area contributed by atoms with Crippen LogP contribution in [0.4, 0.5) is 18.9 Å². The molecule has 100 valence electrons. The van der Waals surface area contributed by atoms with Crippen molar-refractivity contribution in [2.24, 2.45) is 11.8 Å². The highest BCUT2D eigenvalue weighted by atomic mass is 19.2. The number of hydrogen-bond acceptors (Lipinski definition) is 1. The van der Waals surface area contributed by atoms with E-state index in [0.717, 1.165) is 25.3 Å². The summed E-state index contributed by atoms with van der Waals surface area (Å²) in [4.78, 5) is 0. The second kappa shape index (κ2) is 5.21. The minimum absolute atomic E-state index is 0.0701. The van der Waals surface area contributed by atoms with Crippen LogP contribution in [0.25, 0.3) is 0 Å². The first-order chi connectivity index (χ1) is 8.47. The zero-order chi connectivity index (χ0) is 13.3. The Morgan fingerprint density at radius 2 is 1.78 bits per heavy atom. The van der Waals surface area contributed by atoms with Gasteiger partial charge in [0.25, 0.3) is 0 Å². The maximum absolute atomic E-state index is 13.5. The van der Waals surface area contributed by atoms with Crippen LogP contribution in [-0.2, 0) is 0 Å². The van der Waals surface area contributed by atoms with Gasteiger partial charge in [-0.05, 0) is 31.1 Å². The van der Waals surface area contributed by atoms with Crippen LogP contribution in [0.15, 0.2) is 12.1 Å². The van der Waals surface area contributed by atoms with Crippen molar-refractivity contribution in [3.63, 3.8) is 0 Å². The quantitative estimate of drug-likeness (QED) is 0.777. The standard InChI is InChI=1S/C14H18F3N/c1-8-3-4-11(5-9(8)2)18-13-7-10(15)6-12(16)14(13)17/h6-9,11,18H,3-5H2,1-2H3. The second-order valence-corrected chi connectivity index (χ2v) is 5.36. The molecule has 1 nitrogen and oxygen atoms in total. The molecule has 1 fully saturated rings. The van der Waals surface area contributed by atoms with Gasteiger partial charge in [0.15, 0.2) is 11.6 Å². The second-order valence-electron chi connectivity index (χ2n) is 5.36. The van der Waals surface area contributed by atoms with Gasteiger partial charge >= 0.3 is 0 Å². The molecular formula is C14H18F3N. The van der Waals surface area contributed by atoms with Gasteiger partial charge in [0.1, 0.15) is 5.82 Å². The summed E-state index contributed by atoms with van der Waals surface area (Å²) in [7, 11) is 0. The van der Waals surface area contributed by atoms with Crippen molar-refractivity contribution in [1.82, 2.24) is 0 Å². The number of benzene rings is 1. The van der Waals surface area contributed by atoms with E-state index in [-0.39, 0.29) is 11.7 Å². The topological polar surface area (TPSA) is 12.0 Å². The molecule has 0 bridgehead atoms. The maximum atomic E-state index is 13.5. The molecule has 0 heterocycles. The summed E-state index contributed by atoms with van der Waals surface area (Å²) in [6.07, 6.45) is 2.86. The van der Waals surface area contributed by atoms with E-state index in [9.17, 15) is 13.2 Å². The third kappa shape index (κ3) is 2.79. The predicted molar refractivity (Wildman–Crippen MR) is 65.9 cm³/mol. The Morgan fingerprint density at radius 3 is 2.44 bits per heavy atom. The average Bonchev–Trinajstić information content (AvgIpc) is 2.30. The molecule has 1 aliphatic rings. The van der Waals surface area contributed by atoms with Gasteiger partial charge in [-0.15, -0.1) is 0 Å². The molecule has 0 saturated heterocycles. The van der Waals surface area contributed by atoms with Gasteiger partial charge in [0.2, 0.25) is 0 Å². The van der Waals surface area contributed by atoms with E-state index in [1.807, 2.05) is 0 Å². The molecular weight excluding hydrogens is 239 g/mol. The fraction of sp³-hybridized carbons (Fsp3) is 0.571. The number of halogens is 3. The van der Waals surface area contributed by atoms with Crippen LogP contribution in [0.5, 0.6) is 0 Å². The smallest absolute Gasteiger partial charge is 0.182 e. The Labute approximate surface area is 105 Å². The number of nitrogens with one attached hydrogen (secondary N) is 1. The highest BCUT2D eigenvalue weighted by Crippen LogP contribution is 2.32. The molecule has 2 rings (SSSR count). The van der Waals surface area contributed by atoms with E-state index in [0.29, 0.717) is 17.9 Å². The van der Waals surface area contributed by atoms with Crippen LogP contribution >= 0.6 is 0 Å². The molecule has 1 N–H and O–H groups in total. The first-order valence-corrected chi connectivity index (χ1v) is 6.38. The molecule has 18 heavy (non-hydrogen) atoms. The van der Waals surface area contributed by atoms with E-state index in [4.69, 9.17) is 0 Å². The van der Waals surface area contributed by atoms with Gasteiger partial charge in [-0.25, -0.2) is 13.2 Å². The minimum Gasteiger partial charge on any atom is -0.380 e. The summed E-state index contributed by atoms with van der Waals surface area (Å²) in [5.41, 5.74) is -0.0701. The summed E-state index contributed by atoms with van der Waals surface area (Å²) in [5, 5.41) is 2.93. The Bertz CT molecular complexity index is 433. The van der Waals surface area contributed by atoms with Crippen LogP contribution in [0.2, 0.25) is 0 Å². The molecule has 1 aromatic rings. The Hall–Kier alpha value is -1.19. The molecule has 1 aromatic carbocycles. The van der Waals surface area contributed by atoms with E-state index >= 15 is 0 Å². The lowest BCUT2D eigenvalue weighted by molar-refractivity contribution is 0.260. The molecule has 0 spiro atoms. The summed E-state index contributed by atoms with van der Waals surface area (Å²) in [6.45, 7) is 4.35. The third-order valence-corrected chi connectivity index (χ3v) is 3.95. The number of anilines is 1. The molecule has 1 aliphatic carbocycles.